The molecular formula is C22H24N2O3S2. The number of methoxy groups -OCH3 is 1. The van der Waals surface area contributed by atoms with Gasteiger partial charge in [-0.2, -0.15) is 0 Å². The van der Waals surface area contributed by atoms with Gasteiger partial charge in [0, 0.05) is 10.1 Å². The van der Waals surface area contributed by atoms with Gasteiger partial charge in [0.1, 0.15) is 17.4 Å². The first-order valence-electron chi connectivity index (χ1n) is 9.65. The number of nitrogens with zero attached hydrogens (tertiary/aromatic N) is 2. The Bertz CT molecular complexity index is 995. The molecule has 5 nitrogen and oxygen atoms in total. The van der Waals surface area contributed by atoms with E-state index in [1.165, 1.54) is 4.90 Å². The van der Waals surface area contributed by atoms with E-state index in [4.69, 9.17) is 14.5 Å². The van der Waals surface area contributed by atoms with Crippen LogP contribution in [0.1, 0.15) is 19.4 Å². The summed E-state index contributed by atoms with van der Waals surface area (Å²) in [5.41, 5.74) is 1.87. The summed E-state index contributed by atoms with van der Waals surface area (Å²) in [4.78, 5) is 20.3. The van der Waals surface area contributed by atoms with E-state index in [0.717, 1.165) is 26.7 Å². The van der Waals surface area contributed by atoms with Crippen LogP contribution in [0.3, 0.4) is 0 Å². The van der Waals surface area contributed by atoms with Gasteiger partial charge in [0.2, 0.25) is 0 Å². The molecule has 0 aliphatic carbocycles. The minimum Gasteiger partial charge on any atom is -0.494 e. The van der Waals surface area contributed by atoms with Gasteiger partial charge < -0.3 is 14.4 Å². The van der Waals surface area contributed by atoms with Crippen LogP contribution in [0.25, 0.3) is 10.2 Å². The van der Waals surface area contributed by atoms with E-state index in [1.807, 2.05) is 42.1 Å². The molecule has 3 aromatic rings. The largest absolute Gasteiger partial charge is 0.494 e. The van der Waals surface area contributed by atoms with E-state index in [2.05, 4.69) is 30.9 Å². The Labute approximate surface area is 179 Å². The standard InChI is InChI=1S/C22H24N2O3S2/c1-14(2)28-17-9-7-15(8-10-17)11-20(25)27-16-12-24(13-16)22-23-21-18(26-3)5-4-6-19(21)29-22/h4-10,14,16H,11-13H2,1-3H3. The number of carbonyl (C=O) groups excluding carboxylic acids is 1. The molecule has 7 heteroatoms. The number of carbonyl (C=O) groups is 1. The Morgan fingerprint density at radius 3 is 2.69 bits per heavy atom. The van der Waals surface area contributed by atoms with Gasteiger partial charge in [-0.05, 0) is 29.8 Å². The third-order valence-corrected chi connectivity index (χ3v) is 6.75. The molecule has 1 fully saturated rings. The van der Waals surface area contributed by atoms with E-state index in [-0.39, 0.29) is 12.1 Å². The quantitative estimate of drug-likeness (QED) is 0.399. The molecule has 1 saturated heterocycles. The molecule has 0 unspecified atom stereocenters. The molecule has 2 heterocycles. The minimum absolute atomic E-state index is 0.0767. The number of rotatable bonds is 7. The van der Waals surface area contributed by atoms with Crippen LogP contribution in [0.4, 0.5) is 5.13 Å². The molecule has 0 spiro atoms. The molecule has 0 N–H and O–H groups in total. The zero-order valence-corrected chi connectivity index (χ0v) is 18.4. The fraction of sp³-hybridized carbons (Fsp3) is 0.364. The lowest BCUT2D eigenvalue weighted by Gasteiger charge is -2.38. The van der Waals surface area contributed by atoms with Gasteiger partial charge in [-0.1, -0.05) is 43.4 Å². The molecule has 0 saturated carbocycles. The monoisotopic (exact) mass is 428 g/mol. The van der Waals surface area contributed by atoms with Crippen molar-refractivity contribution in [3.63, 3.8) is 0 Å². The number of benzene rings is 2. The van der Waals surface area contributed by atoms with Gasteiger partial charge in [-0.25, -0.2) is 4.98 Å². The molecule has 2 aromatic carbocycles. The average Bonchev–Trinajstić information content (AvgIpc) is 3.09. The summed E-state index contributed by atoms with van der Waals surface area (Å²) >= 11 is 3.45. The highest BCUT2D eigenvalue weighted by atomic mass is 32.2. The van der Waals surface area contributed by atoms with Crippen LogP contribution in [0.2, 0.25) is 0 Å². The first-order chi connectivity index (χ1) is 14.0. The van der Waals surface area contributed by atoms with Gasteiger partial charge >= 0.3 is 5.97 Å². The number of hydrogen-bond donors (Lipinski definition) is 0. The summed E-state index contributed by atoms with van der Waals surface area (Å²) in [7, 11) is 1.66. The summed E-state index contributed by atoms with van der Waals surface area (Å²) in [5, 5.41) is 1.49. The lowest BCUT2D eigenvalue weighted by molar-refractivity contribution is -0.149. The second-order valence-electron chi connectivity index (χ2n) is 7.31. The maximum Gasteiger partial charge on any atom is 0.310 e. The molecule has 1 aliphatic heterocycles. The summed E-state index contributed by atoms with van der Waals surface area (Å²) < 4.78 is 12.1. The van der Waals surface area contributed by atoms with E-state index in [1.54, 1.807) is 18.4 Å². The molecular weight excluding hydrogens is 404 g/mol. The highest BCUT2D eigenvalue weighted by Gasteiger charge is 2.32. The van der Waals surface area contributed by atoms with Crippen molar-refractivity contribution < 1.29 is 14.3 Å². The number of fused-ring (bicyclic) bond motifs is 1. The molecule has 1 aliphatic rings. The van der Waals surface area contributed by atoms with Crippen molar-refractivity contribution in [1.82, 2.24) is 4.98 Å². The summed E-state index contributed by atoms with van der Waals surface area (Å²) in [6.45, 7) is 5.70. The average molecular weight is 429 g/mol. The smallest absolute Gasteiger partial charge is 0.310 e. The Kier molecular flexibility index (Phi) is 5.96. The van der Waals surface area contributed by atoms with Crippen LogP contribution in [-0.2, 0) is 16.0 Å². The first-order valence-corrected chi connectivity index (χ1v) is 11.3. The number of hydrogen-bond acceptors (Lipinski definition) is 7. The Balaban J connectivity index is 1.29. The predicted molar refractivity (Wildman–Crippen MR) is 119 cm³/mol. The SMILES string of the molecule is COc1cccc2sc(N3CC(OC(=O)Cc4ccc(SC(C)C)cc4)C3)nc12. The first kappa shape index (κ1) is 20.0. The maximum atomic E-state index is 12.3. The molecule has 29 heavy (non-hydrogen) atoms. The van der Waals surface area contributed by atoms with Crippen molar-refractivity contribution in [3.05, 3.63) is 48.0 Å². The Morgan fingerprint density at radius 1 is 1.24 bits per heavy atom. The highest BCUT2D eigenvalue weighted by molar-refractivity contribution is 7.99. The van der Waals surface area contributed by atoms with E-state index in [9.17, 15) is 4.79 Å². The van der Waals surface area contributed by atoms with Crippen LogP contribution < -0.4 is 9.64 Å². The molecule has 1 aromatic heterocycles. The fourth-order valence-electron chi connectivity index (χ4n) is 3.23. The van der Waals surface area contributed by atoms with Gasteiger partial charge in [0.05, 0.1) is 31.3 Å². The van der Waals surface area contributed by atoms with Crippen LogP contribution in [0.15, 0.2) is 47.4 Å². The molecule has 0 bridgehead atoms. The number of esters is 1. The number of aromatic nitrogens is 1. The topological polar surface area (TPSA) is 51.7 Å². The maximum absolute atomic E-state index is 12.3. The minimum atomic E-state index is -0.176. The number of thiazole rings is 1. The number of thioether (sulfide) groups is 1. The normalized spacial score (nSPS) is 14.3. The third-order valence-electron chi connectivity index (χ3n) is 4.65. The van der Waals surface area contributed by atoms with Crippen molar-refractivity contribution >= 4 is 44.4 Å². The van der Waals surface area contributed by atoms with Crippen LogP contribution in [-0.4, -0.2) is 42.5 Å². The van der Waals surface area contributed by atoms with Gasteiger partial charge in [-0.3, -0.25) is 4.79 Å². The second-order valence-corrected chi connectivity index (χ2v) is 9.97. The number of ether oxygens (including phenoxy) is 2. The molecule has 152 valence electrons. The van der Waals surface area contributed by atoms with Crippen molar-refractivity contribution in [2.45, 2.75) is 36.5 Å². The van der Waals surface area contributed by atoms with E-state index >= 15 is 0 Å². The van der Waals surface area contributed by atoms with Crippen LogP contribution in [0, 0.1) is 0 Å². The zero-order chi connectivity index (χ0) is 20.4. The van der Waals surface area contributed by atoms with E-state index < -0.39 is 0 Å². The number of para-hydroxylation sites is 1. The second kappa shape index (κ2) is 8.63. The summed E-state index contributed by atoms with van der Waals surface area (Å²) in [6, 6.07) is 14.1. The van der Waals surface area contributed by atoms with Crippen molar-refractivity contribution in [3.8, 4) is 5.75 Å². The Hall–Kier alpha value is -2.25. The van der Waals surface area contributed by atoms with Crippen LogP contribution in [0.5, 0.6) is 5.75 Å². The van der Waals surface area contributed by atoms with Crippen molar-refractivity contribution in [1.29, 1.82) is 0 Å². The summed E-state index contributed by atoms with van der Waals surface area (Å²) in [5.74, 6) is 0.608. The zero-order valence-electron chi connectivity index (χ0n) is 16.8. The van der Waals surface area contributed by atoms with E-state index in [0.29, 0.717) is 24.8 Å². The summed E-state index contributed by atoms with van der Waals surface area (Å²) in [6.07, 6.45) is 0.230. The lowest BCUT2D eigenvalue weighted by Crippen LogP contribution is -2.53. The molecule has 0 atom stereocenters. The third kappa shape index (κ3) is 4.67. The van der Waals surface area contributed by atoms with Gasteiger partial charge in [0.25, 0.3) is 0 Å². The van der Waals surface area contributed by atoms with Gasteiger partial charge in [0.15, 0.2) is 5.13 Å². The predicted octanol–water partition coefficient (Wildman–Crippen LogP) is 4.78. The van der Waals surface area contributed by atoms with Crippen molar-refractivity contribution in [2.75, 3.05) is 25.1 Å². The lowest BCUT2D eigenvalue weighted by atomic mass is 10.1. The Morgan fingerprint density at radius 2 is 2.00 bits per heavy atom. The molecule has 4 rings (SSSR count). The highest BCUT2D eigenvalue weighted by Crippen LogP contribution is 2.36. The molecule has 0 amide bonds. The molecule has 0 radical (unpaired) electrons. The fourth-order valence-corrected chi connectivity index (χ4v) is 5.07. The number of anilines is 1. The van der Waals surface area contributed by atoms with Crippen molar-refractivity contribution in [2.24, 2.45) is 0 Å². The van der Waals surface area contributed by atoms with Gasteiger partial charge in [-0.15, -0.1) is 11.8 Å². The van der Waals surface area contributed by atoms with Crippen LogP contribution >= 0.6 is 23.1 Å².